The molecule has 2 saturated carbocycles. The van der Waals surface area contributed by atoms with Crippen molar-refractivity contribution in [2.45, 2.75) is 68.9 Å². The maximum absolute atomic E-state index is 6.52. The third-order valence-corrected chi connectivity index (χ3v) is 8.78. The highest BCUT2D eigenvalue weighted by Gasteiger charge is 2.35. The van der Waals surface area contributed by atoms with Gasteiger partial charge in [-0.25, -0.2) is 0 Å². The summed E-state index contributed by atoms with van der Waals surface area (Å²) in [6.07, 6.45) is 19.6. The monoisotopic (exact) mass is 262 g/mol. The maximum Gasteiger partial charge on any atom is 0.183 e. The fraction of sp³-hybridized carbons (Fsp3) is 0.750. The highest BCUT2D eigenvalue weighted by molar-refractivity contribution is 6.55. The van der Waals surface area contributed by atoms with E-state index in [2.05, 4.69) is 18.2 Å². The van der Waals surface area contributed by atoms with Crippen LogP contribution in [0.3, 0.4) is 0 Å². The van der Waals surface area contributed by atoms with Crippen molar-refractivity contribution in [3.05, 3.63) is 23.8 Å². The molecule has 3 rings (SSSR count). The van der Waals surface area contributed by atoms with Crippen LogP contribution in [0.2, 0.25) is 11.1 Å². The molecule has 0 aliphatic heterocycles. The van der Waals surface area contributed by atoms with Gasteiger partial charge in [-0.1, -0.05) is 69.6 Å². The van der Waals surface area contributed by atoms with Crippen LogP contribution < -0.4 is 0 Å². The van der Waals surface area contributed by atoms with Gasteiger partial charge in [-0.15, -0.1) is 0 Å². The van der Waals surface area contributed by atoms with Crippen molar-refractivity contribution in [2.24, 2.45) is 0 Å². The molecular weight excluding hydrogens is 236 g/mol. The molecule has 2 heteroatoms. The Morgan fingerprint density at radius 2 is 1.61 bits per heavy atom. The maximum atomic E-state index is 6.52. The minimum atomic E-state index is -0.964. The highest BCUT2D eigenvalue weighted by Crippen LogP contribution is 2.43. The summed E-state index contributed by atoms with van der Waals surface area (Å²) in [5.74, 6) is 0. The normalized spacial score (nSPS) is 25.5. The van der Waals surface area contributed by atoms with E-state index in [1.807, 2.05) is 0 Å². The minimum absolute atomic E-state index is 0.941. The zero-order valence-electron chi connectivity index (χ0n) is 11.4. The number of hydrogen-bond donors (Lipinski definition) is 0. The van der Waals surface area contributed by atoms with E-state index in [4.69, 9.17) is 4.43 Å². The molecule has 0 N–H and O–H groups in total. The van der Waals surface area contributed by atoms with Crippen molar-refractivity contribution in [3.8, 4) is 0 Å². The Morgan fingerprint density at radius 3 is 2.11 bits per heavy atom. The molecule has 3 aliphatic rings. The fourth-order valence-electron chi connectivity index (χ4n) is 4.03. The summed E-state index contributed by atoms with van der Waals surface area (Å²) >= 11 is 0. The molecule has 2 fully saturated rings. The second kappa shape index (κ2) is 6.20. The SMILES string of the molecule is C1=CCC(CO[SiH](C2CCCC2)C2CCCC2)=C1. The van der Waals surface area contributed by atoms with Crippen LogP contribution in [0, 0.1) is 0 Å². The zero-order chi connectivity index (χ0) is 12.2. The molecular formula is C16H26OSi. The van der Waals surface area contributed by atoms with Crippen LogP contribution >= 0.6 is 0 Å². The van der Waals surface area contributed by atoms with Gasteiger partial charge in [0.05, 0.1) is 6.61 Å². The Bertz CT molecular complexity index is 306. The van der Waals surface area contributed by atoms with Gasteiger partial charge >= 0.3 is 0 Å². The number of allylic oxidation sites excluding steroid dienone is 3. The second-order valence-electron chi connectivity index (χ2n) is 6.32. The number of rotatable bonds is 5. The standard InChI is InChI=1S/C16H26OSi/c1-2-8-14(7-1)13-17-18(15-9-3-4-10-15)16-11-5-6-12-16/h1-2,7,15-16,18H,3-6,8-13H2. The van der Waals surface area contributed by atoms with Crippen LogP contribution in [-0.4, -0.2) is 15.6 Å². The van der Waals surface area contributed by atoms with Crippen molar-refractivity contribution in [3.63, 3.8) is 0 Å². The van der Waals surface area contributed by atoms with Crippen LogP contribution in [0.5, 0.6) is 0 Å². The zero-order valence-corrected chi connectivity index (χ0v) is 12.6. The van der Waals surface area contributed by atoms with Crippen molar-refractivity contribution in [1.29, 1.82) is 0 Å². The molecule has 0 atom stereocenters. The Labute approximate surface area is 113 Å². The summed E-state index contributed by atoms with van der Waals surface area (Å²) < 4.78 is 6.52. The predicted octanol–water partition coefficient (Wildman–Crippen LogP) is 4.50. The van der Waals surface area contributed by atoms with E-state index < -0.39 is 9.04 Å². The van der Waals surface area contributed by atoms with E-state index in [0.717, 1.165) is 24.1 Å². The molecule has 0 bridgehead atoms. The summed E-state index contributed by atoms with van der Waals surface area (Å²) in [5, 5.41) is 0. The van der Waals surface area contributed by atoms with E-state index in [9.17, 15) is 0 Å². The van der Waals surface area contributed by atoms with E-state index in [1.165, 1.54) is 56.9 Å². The van der Waals surface area contributed by atoms with Crippen LogP contribution in [0.1, 0.15) is 57.8 Å². The van der Waals surface area contributed by atoms with Gasteiger partial charge in [0.1, 0.15) is 0 Å². The lowest BCUT2D eigenvalue weighted by Crippen LogP contribution is -2.29. The third kappa shape index (κ3) is 2.97. The molecule has 18 heavy (non-hydrogen) atoms. The first kappa shape index (κ1) is 12.7. The fourth-order valence-corrected chi connectivity index (χ4v) is 8.01. The van der Waals surface area contributed by atoms with Gasteiger partial charge in [-0.05, 0) is 23.1 Å². The molecule has 0 amide bonds. The summed E-state index contributed by atoms with van der Waals surface area (Å²) in [5.41, 5.74) is 3.51. The third-order valence-electron chi connectivity index (χ3n) is 5.04. The molecule has 0 aromatic heterocycles. The van der Waals surface area contributed by atoms with Crippen molar-refractivity contribution >= 4 is 9.04 Å². The number of hydrogen-bond acceptors (Lipinski definition) is 1. The quantitative estimate of drug-likeness (QED) is 0.663. The lowest BCUT2D eigenvalue weighted by Gasteiger charge is -2.27. The van der Waals surface area contributed by atoms with Crippen LogP contribution in [0.25, 0.3) is 0 Å². The summed E-state index contributed by atoms with van der Waals surface area (Å²) in [4.78, 5) is 0. The molecule has 0 spiro atoms. The largest absolute Gasteiger partial charge is 0.416 e. The van der Waals surface area contributed by atoms with Crippen molar-refractivity contribution in [2.75, 3.05) is 6.61 Å². The lowest BCUT2D eigenvalue weighted by atomic mass is 10.3. The summed E-state index contributed by atoms with van der Waals surface area (Å²) in [7, 11) is -0.964. The average molecular weight is 262 g/mol. The summed E-state index contributed by atoms with van der Waals surface area (Å²) in [6.45, 7) is 0.941. The van der Waals surface area contributed by atoms with Crippen molar-refractivity contribution < 1.29 is 4.43 Å². The molecule has 0 unspecified atom stereocenters. The molecule has 0 aromatic rings. The topological polar surface area (TPSA) is 9.23 Å². The van der Waals surface area contributed by atoms with Gasteiger partial charge in [0.15, 0.2) is 9.04 Å². The molecule has 0 heterocycles. The van der Waals surface area contributed by atoms with E-state index in [0.29, 0.717) is 0 Å². The molecule has 0 aromatic carbocycles. The van der Waals surface area contributed by atoms with E-state index in [1.54, 1.807) is 0 Å². The molecule has 0 radical (unpaired) electrons. The Morgan fingerprint density at radius 1 is 1.00 bits per heavy atom. The first-order valence-electron chi connectivity index (χ1n) is 7.89. The van der Waals surface area contributed by atoms with Crippen molar-refractivity contribution in [1.82, 2.24) is 0 Å². The van der Waals surface area contributed by atoms with Gasteiger partial charge in [0, 0.05) is 0 Å². The average Bonchev–Trinajstić information content (AvgIpc) is 3.14. The predicted molar refractivity (Wildman–Crippen MR) is 79.4 cm³/mol. The van der Waals surface area contributed by atoms with Crippen LogP contribution in [0.4, 0.5) is 0 Å². The second-order valence-corrected chi connectivity index (χ2v) is 9.47. The van der Waals surface area contributed by atoms with Gasteiger partial charge in [-0.3, -0.25) is 0 Å². The van der Waals surface area contributed by atoms with Gasteiger partial charge in [0.25, 0.3) is 0 Å². The van der Waals surface area contributed by atoms with Gasteiger partial charge in [-0.2, -0.15) is 0 Å². The van der Waals surface area contributed by atoms with Crippen LogP contribution in [-0.2, 0) is 4.43 Å². The molecule has 3 aliphatic carbocycles. The lowest BCUT2D eigenvalue weighted by molar-refractivity contribution is 0.332. The molecule has 100 valence electrons. The van der Waals surface area contributed by atoms with E-state index >= 15 is 0 Å². The smallest absolute Gasteiger partial charge is 0.183 e. The highest BCUT2D eigenvalue weighted by atomic mass is 28.3. The first-order valence-corrected chi connectivity index (χ1v) is 9.70. The first-order chi connectivity index (χ1) is 8.93. The molecule has 1 nitrogen and oxygen atoms in total. The van der Waals surface area contributed by atoms with Gasteiger partial charge < -0.3 is 4.43 Å². The Hall–Kier alpha value is -0.343. The summed E-state index contributed by atoms with van der Waals surface area (Å²) in [6, 6.07) is 0. The van der Waals surface area contributed by atoms with E-state index in [-0.39, 0.29) is 0 Å². The van der Waals surface area contributed by atoms with Crippen LogP contribution in [0.15, 0.2) is 23.8 Å². The molecule has 0 saturated heterocycles. The Balaban J connectivity index is 1.57. The Kier molecular flexibility index (Phi) is 4.37. The van der Waals surface area contributed by atoms with Gasteiger partial charge in [0.2, 0.25) is 0 Å². The minimum Gasteiger partial charge on any atom is -0.416 e.